The molecular formula is C24H25ClN4O2S. The second-order valence-electron chi connectivity index (χ2n) is 7.21. The normalized spacial score (nSPS) is 14.5. The van der Waals surface area contributed by atoms with Crippen molar-refractivity contribution < 1.29 is 9.47 Å². The number of benzene rings is 2. The molecule has 0 amide bonds. The fourth-order valence-electron chi connectivity index (χ4n) is 3.12. The number of allylic oxidation sites excluding steroid dienone is 1. The molecular weight excluding hydrogens is 444 g/mol. The molecule has 166 valence electrons. The van der Waals surface area contributed by atoms with E-state index in [1.807, 2.05) is 56.4 Å². The lowest BCUT2D eigenvalue weighted by Gasteiger charge is -2.17. The van der Waals surface area contributed by atoms with Crippen molar-refractivity contribution in [3.63, 3.8) is 0 Å². The number of halogens is 1. The average molecular weight is 469 g/mol. The number of thioether (sulfide) groups is 1. The van der Waals surface area contributed by atoms with Gasteiger partial charge in [-0.15, -0.1) is 11.8 Å². The zero-order chi connectivity index (χ0) is 23.3. The third kappa shape index (κ3) is 4.99. The summed E-state index contributed by atoms with van der Waals surface area (Å²) in [5, 5.41) is 11.1. The second-order valence-corrected chi connectivity index (χ2v) is 8.41. The highest BCUT2D eigenvalue weighted by Gasteiger charge is 2.24. The van der Waals surface area contributed by atoms with E-state index in [-0.39, 0.29) is 0 Å². The molecule has 0 fully saturated rings. The SMILES string of the molecule is COCCOc1cc2c(cc1C#N)C(c1ccccc1Cl)=NC(=C(C)N(C)C)C(SC)=N2. The molecule has 0 bridgehead atoms. The summed E-state index contributed by atoms with van der Waals surface area (Å²) in [5.74, 6) is 0.461. The van der Waals surface area contributed by atoms with Gasteiger partial charge in [-0.1, -0.05) is 29.8 Å². The summed E-state index contributed by atoms with van der Waals surface area (Å²) in [6, 6.07) is 13.3. The molecule has 1 aliphatic rings. The summed E-state index contributed by atoms with van der Waals surface area (Å²) in [5.41, 5.74) is 4.95. The number of rotatable bonds is 6. The van der Waals surface area contributed by atoms with Crippen LogP contribution in [0.15, 0.2) is 57.8 Å². The standard InChI is InChI=1S/C24H25ClN4O2S/c1-15(29(2)3)22-24(32-5)27-20-13-21(31-11-10-30-4)16(14-26)12-18(20)23(28-22)17-8-6-7-9-19(17)25/h6-9,12-13H,10-11H2,1-5H3. The first kappa shape index (κ1) is 23.9. The molecule has 32 heavy (non-hydrogen) atoms. The van der Waals surface area contributed by atoms with Crippen molar-refractivity contribution in [2.45, 2.75) is 6.92 Å². The fourth-order valence-corrected chi connectivity index (χ4v) is 3.93. The lowest BCUT2D eigenvalue weighted by molar-refractivity contribution is 0.146. The first-order valence-electron chi connectivity index (χ1n) is 9.96. The number of ether oxygens (including phenoxy) is 2. The van der Waals surface area contributed by atoms with Crippen molar-refractivity contribution >= 4 is 39.8 Å². The summed E-state index contributed by atoms with van der Waals surface area (Å²) < 4.78 is 10.9. The van der Waals surface area contributed by atoms with E-state index in [1.165, 1.54) is 11.8 Å². The van der Waals surface area contributed by atoms with Gasteiger partial charge in [0.15, 0.2) is 0 Å². The minimum absolute atomic E-state index is 0.333. The van der Waals surface area contributed by atoms with Crippen LogP contribution in [0, 0.1) is 11.3 Å². The van der Waals surface area contributed by atoms with Crippen molar-refractivity contribution in [1.82, 2.24) is 4.90 Å². The van der Waals surface area contributed by atoms with E-state index in [1.54, 1.807) is 19.2 Å². The van der Waals surface area contributed by atoms with Crippen LogP contribution in [-0.2, 0) is 4.74 Å². The Hall–Kier alpha value is -2.79. The molecule has 1 aliphatic heterocycles. The van der Waals surface area contributed by atoms with Crippen molar-refractivity contribution in [1.29, 1.82) is 5.26 Å². The van der Waals surface area contributed by atoms with Crippen LogP contribution in [0.3, 0.4) is 0 Å². The predicted octanol–water partition coefficient (Wildman–Crippen LogP) is 5.27. The Bertz CT molecular complexity index is 1150. The molecule has 0 N–H and O–H groups in total. The van der Waals surface area contributed by atoms with Gasteiger partial charge in [-0.3, -0.25) is 0 Å². The molecule has 0 atom stereocenters. The maximum atomic E-state index is 9.79. The minimum Gasteiger partial charge on any atom is -0.490 e. The topological polar surface area (TPSA) is 70.2 Å². The van der Waals surface area contributed by atoms with Crippen LogP contribution >= 0.6 is 23.4 Å². The summed E-state index contributed by atoms with van der Waals surface area (Å²) in [7, 11) is 5.55. The van der Waals surface area contributed by atoms with Crippen LogP contribution in [-0.4, -0.2) is 56.3 Å². The molecule has 0 aromatic heterocycles. The van der Waals surface area contributed by atoms with Crippen LogP contribution in [0.5, 0.6) is 5.75 Å². The molecule has 0 saturated carbocycles. The minimum atomic E-state index is 0.333. The maximum absolute atomic E-state index is 9.79. The van der Waals surface area contributed by atoms with Gasteiger partial charge in [0.05, 0.1) is 23.6 Å². The Morgan fingerprint density at radius 3 is 2.53 bits per heavy atom. The van der Waals surface area contributed by atoms with Gasteiger partial charge < -0.3 is 14.4 Å². The Morgan fingerprint density at radius 1 is 1.16 bits per heavy atom. The van der Waals surface area contributed by atoms with E-state index in [2.05, 4.69) is 6.07 Å². The van der Waals surface area contributed by atoms with Crippen LogP contribution in [0.1, 0.15) is 23.6 Å². The highest BCUT2D eigenvalue weighted by Crippen LogP contribution is 2.37. The molecule has 3 rings (SSSR count). The zero-order valence-electron chi connectivity index (χ0n) is 18.8. The van der Waals surface area contributed by atoms with E-state index in [9.17, 15) is 5.26 Å². The lowest BCUT2D eigenvalue weighted by atomic mass is 9.98. The molecule has 0 unspecified atom stereocenters. The lowest BCUT2D eigenvalue weighted by Crippen LogP contribution is -2.14. The molecule has 1 heterocycles. The van der Waals surface area contributed by atoms with Crippen LogP contribution < -0.4 is 4.74 Å². The van der Waals surface area contributed by atoms with Crippen LogP contribution in [0.4, 0.5) is 5.69 Å². The van der Waals surface area contributed by atoms with Gasteiger partial charge >= 0.3 is 0 Å². The highest BCUT2D eigenvalue weighted by atomic mass is 35.5. The van der Waals surface area contributed by atoms with E-state index < -0.39 is 0 Å². The second kappa shape index (κ2) is 10.7. The van der Waals surface area contributed by atoms with Gasteiger partial charge in [0.2, 0.25) is 0 Å². The Morgan fingerprint density at radius 2 is 1.91 bits per heavy atom. The molecule has 0 spiro atoms. The molecule has 2 aromatic rings. The van der Waals surface area contributed by atoms with Gasteiger partial charge in [0.25, 0.3) is 0 Å². The van der Waals surface area contributed by atoms with Gasteiger partial charge in [0, 0.05) is 49.1 Å². The van der Waals surface area contributed by atoms with Crippen molar-refractivity contribution in [3.8, 4) is 11.8 Å². The number of fused-ring (bicyclic) bond motifs is 1. The molecule has 0 aliphatic carbocycles. The van der Waals surface area contributed by atoms with Gasteiger partial charge in [-0.2, -0.15) is 5.26 Å². The maximum Gasteiger partial charge on any atom is 0.139 e. The first-order chi connectivity index (χ1) is 15.4. The van der Waals surface area contributed by atoms with E-state index in [0.29, 0.717) is 40.9 Å². The smallest absolute Gasteiger partial charge is 0.139 e. The van der Waals surface area contributed by atoms with Crippen molar-refractivity contribution in [2.75, 3.05) is 40.7 Å². The molecule has 0 radical (unpaired) electrons. The summed E-state index contributed by atoms with van der Waals surface area (Å²) in [4.78, 5) is 12.0. The molecule has 2 aromatic carbocycles. The van der Waals surface area contributed by atoms with Crippen LogP contribution in [0.2, 0.25) is 5.02 Å². The van der Waals surface area contributed by atoms with E-state index in [0.717, 1.165) is 27.6 Å². The summed E-state index contributed by atoms with van der Waals surface area (Å²) in [6.07, 6.45) is 1.97. The monoisotopic (exact) mass is 468 g/mol. The Kier molecular flexibility index (Phi) is 7.97. The van der Waals surface area contributed by atoms with Crippen molar-refractivity contribution in [3.05, 3.63) is 69.5 Å². The van der Waals surface area contributed by atoms with Crippen LogP contribution in [0.25, 0.3) is 0 Å². The molecule has 6 nitrogen and oxygen atoms in total. The molecule has 8 heteroatoms. The largest absolute Gasteiger partial charge is 0.490 e. The third-order valence-corrected chi connectivity index (χ3v) is 6.00. The van der Waals surface area contributed by atoms with Gasteiger partial charge in [0.1, 0.15) is 29.2 Å². The number of methoxy groups -OCH3 is 1. The first-order valence-corrected chi connectivity index (χ1v) is 11.6. The summed E-state index contributed by atoms with van der Waals surface area (Å²) in [6.45, 7) is 2.76. The predicted molar refractivity (Wildman–Crippen MR) is 133 cm³/mol. The van der Waals surface area contributed by atoms with Crippen molar-refractivity contribution in [2.24, 2.45) is 9.98 Å². The number of hydrogen-bond donors (Lipinski definition) is 0. The Labute approximate surface area is 198 Å². The van der Waals surface area contributed by atoms with Gasteiger partial charge in [-0.05, 0) is 25.3 Å². The quantitative estimate of drug-likeness (QED) is 0.540. The number of nitriles is 1. The number of aliphatic imine (C=N–C) groups is 2. The fraction of sp³-hybridized carbons (Fsp3) is 0.292. The Balaban J connectivity index is 2.34. The highest BCUT2D eigenvalue weighted by molar-refractivity contribution is 8.13. The molecule has 0 saturated heterocycles. The van der Waals surface area contributed by atoms with E-state index >= 15 is 0 Å². The third-order valence-electron chi connectivity index (χ3n) is 5.00. The summed E-state index contributed by atoms with van der Waals surface area (Å²) >= 11 is 8.09. The zero-order valence-corrected chi connectivity index (χ0v) is 20.3. The number of hydrogen-bond acceptors (Lipinski definition) is 7. The van der Waals surface area contributed by atoms with E-state index in [4.69, 9.17) is 31.1 Å². The average Bonchev–Trinajstić information content (AvgIpc) is 2.94. The number of nitrogens with zero attached hydrogens (tertiary/aromatic N) is 4. The van der Waals surface area contributed by atoms with Gasteiger partial charge in [-0.25, -0.2) is 9.98 Å².